The Morgan fingerprint density at radius 1 is 1.32 bits per heavy atom. The number of rotatable bonds is 8. The van der Waals surface area contributed by atoms with Crippen molar-refractivity contribution in [3.05, 3.63) is 57.6 Å². The molecule has 1 unspecified atom stereocenters. The predicted molar refractivity (Wildman–Crippen MR) is 111 cm³/mol. The summed E-state index contributed by atoms with van der Waals surface area (Å²) in [4.78, 5) is 11.7. The molecule has 2 aromatic rings. The van der Waals surface area contributed by atoms with Crippen LogP contribution in [-0.2, 0) is 6.42 Å². The van der Waals surface area contributed by atoms with E-state index >= 15 is 0 Å². The van der Waals surface area contributed by atoms with Crippen molar-refractivity contribution in [3.8, 4) is 11.5 Å². The number of aromatic hydroxyl groups is 1. The van der Waals surface area contributed by atoms with Crippen LogP contribution < -0.4 is 4.74 Å². The third-order valence-corrected chi connectivity index (χ3v) is 6.32. The molecule has 6 nitrogen and oxygen atoms in total. The van der Waals surface area contributed by atoms with E-state index in [-0.39, 0.29) is 22.4 Å². The van der Waals surface area contributed by atoms with Gasteiger partial charge in [0.2, 0.25) is 0 Å². The molecule has 0 saturated carbocycles. The summed E-state index contributed by atoms with van der Waals surface area (Å²) in [5.74, 6) is 0.630. The lowest BCUT2D eigenvalue weighted by molar-refractivity contribution is -0.387. The Morgan fingerprint density at radius 3 is 2.82 bits per heavy atom. The summed E-state index contributed by atoms with van der Waals surface area (Å²) in [5, 5.41) is 21.6. The number of fused-ring (bicyclic) bond motifs is 1. The molecular weight excluding hydrogens is 376 g/mol. The van der Waals surface area contributed by atoms with Gasteiger partial charge in [-0.1, -0.05) is 38.3 Å². The number of phenolic OH excluding ortho intramolecular Hbond substituents is 1. The molecule has 0 saturated heterocycles. The van der Waals surface area contributed by atoms with Gasteiger partial charge in [-0.3, -0.25) is 10.1 Å². The van der Waals surface area contributed by atoms with Crippen molar-refractivity contribution >= 4 is 17.6 Å². The highest BCUT2D eigenvalue weighted by atomic mass is 32.2. The lowest BCUT2D eigenvalue weighted by Crippen LogP contribution is -2.30. The number of phenols is 1. The Balaban J connectivity index is 1.93. The number of para-hydroxylation sites is 1. The van der Waals surface area contributed by atoms with E-state index in [0.717, 1.165) is 49.8 Å². The summed E-state index contributed by atoms with van der Waals surface area (Å²) in [6, 6.07) is 10.7. The Morgan fingerprint density at radius 2 is 2.11 bits per heavy atom. The highest BCUT2D eigenvalue weighted by Crippen LogP contribution is 2.45. The van der Waals surface area contributed by atoms with E-state index in [2.05, 4.69) is 11.2 Å². The lowest BCUT2D eigenvalue weighted by atomic mass is 9.90. The third kappa shape index (κ3) is 4.42. The molecule has 0 radical (unpaired) electrons. The minimum absolute atomic E-state index is 0.120. The van der Waals surface area contributed by atoms with Gasteiger partial charge >= 0.3 is 0 Å². The second kappa shape index (κ2) is 9.30. The monoisotopic (exact) mass is 402 g/mol. The second-order valence-electron chi connectivity index (χ2n) is 6.94. The summed E-state index contributed by atoms with van der Waals surface area (Å²) in [5.41, 5.74) is 2.40. The van der Waals surface area contributed by atoms with Crippen LogP contribution in [-0.4, -0.2) is 28.0 Å². The molecule has 0 aliphatic carbocycles. The minimum Gasteiger partial charge on any atom is -0.504 e. The van der Waals surface area contributed by atoms with Crippen LogP contribution in [0.25, 0.3) is 0 Å². The van der Waals surface area contributed by atoms with Crippen LogP contribution in [0.5, 0.6) is 11.5 Å². The Bertz CT molecular complexity index is 843. The molecule has 0 amide bonds. The van der Waals surface area contributed by atoms with Crippen molar-refractivity contribution in [2.24, 2.45) is 0 Å². The van der Waals surface area contributed by atoms with Gasteiger partial charge in [-0.15, -0.1) is 0 Å². The molecule has 28 heavy (non-hydrogen) atoms. The zero-order valence-electron chi connectivity index (χ0n) is 16.3. The summed E-state index contributed by atoms with van der Waals surface area (Å²) >= 11 is 1.46. The largest absolute Gasteiger partial charge is 0.504 e. The first kappa shape index (κ1) is 20.5. The Labute approximate surface area is 169 Å². The number of methoxy groups -OCH3 is 1. The molecule has 0 bridgehead atoms. The van der Waals surface area contributed by atoms with Gasteiger partial charge in [0, 0.05) is 18.7 Å². The summed E-state index contributed by atoms with van der Waals surface area (Å²) in [7, 11) is 1.55. The molecule has 1 aliphatic rings. The number of hydrogen-bond donors (Lipinski definition) is 1. The third-order valence-electron chi connectivity index (χ3n) is 5.11. The maximum Gasteiger partial charge on any atom is 0.284 e. The molecule has 1 atom stereocenters. The molecule has 1 N–H and O–H groups in total. The van der Waals surface area contributed by atoms with Gasteiger partial charge in [-0.05, 0) is 54.1 Å². The van der Waals surface area contributed by atoms with Gasteiger partial charge < -0.3 is 9.84 Å². The van der Waals surface area contributed by atoms with Crippen molar-refractivity contribution in [3.63, 3.8) is 0 Å². The van der Waals surface area contributed by atoms with Crippen LogP contribution in [0.3, 0.4) is 0 Å². The summed E-state index contributed by atoms with van der Waals surface area (Å²) in [6.07, 6.45) is 5.10. The second-order valence-corrected chi connectivity index (χ2v) is 8.03. The standard InChI is InChI=1S/C21H26N2O4S/c1-3-4-5-8-17-16-14-20(27-2)19(24)13-15(16)11-12-22(17)28-21-10-7-6-9-18(21)23(25)26/h6-7,9-10,13-14,17,24H,3-5,8,11-12H2,1-2H3. The van der Waals surface area contributed by atoms with Gasteiger partial charge in [0.25, 0.3) is 5.69 Å². The van der Waals surface area contributed by atoms with Crippen LogP contribution in [0.15, 0.2) is 41.3 Å². The first-order valence-corrected chi connectivity index (χ1v) is 10.4. The summed E-state index contributed by atoms with van der Waals surface area (Å²) in [6.45, 7) is 2.95. The van der Waals surface area contributed by atoms with Crippen LogP contribution in [0.2, 0.25) is 0 Å². The molecule has 0 aromatic heterocycles. The van der Waals surface area contributed by atoms with Gasteiger partial charge in [-0.25, -0.2) is 4.31 Å². The fourth-order valence-electron chi connectivity index (χ4n) is 3.67. The number of nitro groups is 1. The van der Waals surface area contributed by atoms with Crippen molar-refractivity contribution in [1.82, 2.24) is 4.31 Å². The van der Waals surface area contributed by atoms with Gasteiger partial charge in [-0.2, -0.15) is 0 Å². The molecule has 150 valence electrons. The maximum atomic E-state index is 11.4. The van der Waals surface area contributed by atoms with Crippen molar-refractivity contribution < 1.29 is 14.8 Å². The maximum absolute atomic E-state index is 11.4. The average molecular weight is 403 g/mol. The quantitative estimate of drug-likeness (QED) is 0.272. The first-order valence-electron chi connectivity index (χ1n) is 9.63. The fourth-order valence-corrected chi connectivity index (χ4v) is 4.82. The van der Waals surface area contributed by atoms with E-state index in [1.807, 2.05) is 12.1 Å². The fraction of sp³-hybridized carbons (Fsp3) is 0.429. The van der Waals surface area contributed by atoms with Gasteiger partial charge in [0.05, 0.1) is 12.0 Å². The number of nitro benzene ring substituents is 1. The van der Waals surface area contributed by atoms with E-state index in [1.165, 1.54) is 11.9 Å². The van der Waals surface area contributed by atoms with Crippen molar-refractivity contribution in [2.75, 3.05) is 13.7 Å². The lowest BCUT2D eigenvalue weighted by Gasteiger charge is -2.36. The Kier molecular flexibility index (Phi) is 6.80. The van der Waals surface area contributed by atoms with Gasteiger partial charge in [0.1, 0.15) is 4.90 Å². The molecular formula is C21H26N2O4S. The zero-order chi connectivity index (χ0) is 20.1. The van der Waals surface area contributed by atoms with Crippen LogP contribution in [0.1, 0.15) is 49.8 Å². The number of hydrogen-bond acceptors (Lipinski definition) is 6. The van der Waals surface area contributed by atoms with E-state index in [0.29, 0.717) is 10.6 Å². The van der Waals surface area contributed by atoms with Crippen molar-refractivity contribution in [2.45, 2.75) is 50.0 Å². The van der Waals surface area contributed by atoms with Crippen LogP contribution in [0, 0.1) is 10.1 Å². The van der Waals surface area contributed by atoms with Crippen molar-refractivity contribution in [1.29, 1.82) is 0 Å². The van der Waals surface area contributed by atoms with Crippen LogP contribution >= 0.6 is 11.9 Å². The molecule has 3 rings (SSSR count). The molecule has 7 heteroatoms. The first-order chi connectivity index (χ1) is 13.5. The average Bonchev–Trinajstić information content (AvgIpc) is 2.69. The molecule has 0 spiro atoms. The Hall–Kier alpha value is -2.25. The highest BCUT2D eigenvalue weighted by molar-refractivity contribution is 7.97. The van der Waals surface area contributed by atoms with E-state index in [4.69, 9.17) is 4.74 Å². The van der Waals surface area contributed by atoms with Crippen LogP contribution in [0.4, 0.5) is 5.69 Å². The zero-order valence-corrected chi connectivity index (χ0v) is 17.1. The van der Waals surface area contributed by atoms with E-state index in [9.17, 15) is 15.2 Å². The molecule has 1 aliphatic heterocycles. The molecule has 1 heterocycles. The predicted octanol–water partition coefficient (Wildman–Crippen LogP) is 5.50. The van der Waals surface area contributed by atoms with E-state index in [1.54, 1.807) is 31.4 Å². The number of unbranched alkanes of at least 4 members (excludes halogenated alkanes) is 2. The summed E-state index contributed by atoms with van der Waals surface area (Å²) < 4.78 is 7.57. The smallest absolute Gasteiger partial charge is 0.284 e. The van der Waals surface area contributed by atoms with Gasteiger partial charge in [0.15, 0.2) is 11.5 Å². The normalized spacial score (nSPS) is 16.6. The SMILES string of the molecule is CCCCCC1c2cc(OC)c(O)cc2CCN1Sc1ccccc1[N+](=O)[O-]. The number of nitrogens with zero attached hydrogens (tertiary/aromatic N) is 2. The molecule has 2 aromatic carbocycles. The van der Waals surface area contributed by atoms with E-state index < -0.39 is 0 Å². The number of ether oxygens (including phenoxy) is 1. The topological polar surface area (TPSA) is 75.8 Å². The molecule has 0 fully saturated rings. The highest BCUT2D eigenvalue weighted by Gasteiger charge is 2.30. The number of benzene rings is 2. The minimum atomic E-state index is -0.326.